The summed E-state index contributed by atoms with van der Waals surface area (Å²) in [5, 5.41) is 3.28. The zero-order valence-electron chi connectivity index (χ0n) is 10.1. The van der Waals surface area contributed by atoms with E-state index in [2.05, 4.69) is 18.2 Å². The second-order valence-electron chi connectivity index (χ2n) is 4.27. The molecule has 0 radical (unpaired) electrons. The lowest BCUT2D eigenvalue weighted by atomic mass is 9.93. The normalized spacial score (nSPS) is 13.0. The number of rotatable bonds is 6. The first kappa shape index (κ1) is 14.0. The lowest BCUT2D eigenvalue weighted by Crippen LogP contribution is -2.41. The molecule has 0 aliphatic rings. The lowest BCUT2D eigenvalue weighted by Gasteiger charge is -2.24. The minimum absolute atomic E-state index is 0.203. The maximum Gasteiger partial charge on any atom is 0.312 e. The van der Waals surface area contributed by atoms with Crippen LogP contribution in [0.3, 0.4) is 0 Å². The van der Waals surface area contributed by atoms with Crippen molar-refractivity contribution in [3.63, 3.8) is 0 Å². The van der Waals surface area contributed by atoms with E-state index in [-0.39, 0.29) is 12.0 Å². The monoisotopic (exact) mass is 211 g/mol. The summed E-state index contributed by atoms with van der Waals surface area (Å²) in [5.41, 5.74) is -0.503. The molecule has 0 aromatic heterocycles. The zero-order valence-corrected chi connectivity index (χ0v) is 10.1. The minimum Gasteiger partial charge on any atom is -0.469 e. The molecular formula is C12H21NO2. The van der Waals surface area contributed by atoms with E-state index in [1.165, 1.54) is 7.11 Å². The van der Waals surface area contributed by atoms with Crippen LogP contribution in [-0.2, 0) is 9.53 Å². The summed E-state index contributed by atoms with van der Waals surface area (Å²) in [4.78, 5) is 11.4. The van der Waals surface area contributed by atoms with Gasteiger partial charge in [-0.3, -0.25) is 4.79 Å². The molecule has 0 saturated carbocycles. The van der Waals surface area contributed by atoms with Gasteiger partial charge < -0.3 is 10.1 Å². The van der Waals surface area contributed by atoms with Crippen LogP contribution in [0.25, 0.3) is 0 Å². The standard InChI is InChI=1S/C12H21NO2/c1-6-8-10(7-2)13-9-12(3,4)11(14)15-5/h1,10,13H,7-9H2,2-5H3. The maximum atomic E-state index is 11.4. The smallest absolute Gasteiger partial charge is 0.312 e. The lowest BCUT2D eigenvalue weighted by molar-refractivity contribution is -0.150. The Morgan fingerprint density at radius 2 is 2.20 bits per heavy atom. The number of terminal acetylenes is 1. The Bertz CT molecular complexity index is 240. The van der Waals surface area contributed by atoms with E-state index in [0.717, 1.165) is 6.42 Å². The van der Waals surface area contributed by atoms with Gasteiger partial charge >= 0.3 is 5.97 Å². The van der Waals surface area contributed by atoms with Gasteiger partial charge in [-0.1, -0.05) is 6.92 Å². The number of hydrogen-bond donors (Lipinski definition) is 1. The summed E-state index contributed by atoms with van der Waals surface area (Å²) < 4.78 is 4.72. The van der Waals surface area contributed by atoms with Gasteiger partial charge in [0, 0.05) is 19.0 Å². The molecular weight excluding hydrogens is 190 g/mol. The molecule has 0 bridgehead atoms. The van der Waals surface area contributed by atoms with Crippen LogP contribution in [0.15, 0.2) is 0 Å². The zero-order chi connectivity index (χ0) is 11.9. The van der Waals surface area contributed by atoms with Crippen LogP contribution >= 0.6 is 0 Å². The summed E-state index contributed by atoms with van der Waals surface area (Å²) in [6.07, 6.45) is 6.90. The molecule has 1 atom stereocenters. The van der Waals surface area contributed by atoms with Gasteiger partial charge in [0.2, 0.25) is 0 Å². The fraction of sp³-hybridized carbons (Fsp3) is 0.750. The van der Waals surface area contributed by atoms with Crippen LogP contribution in [0.5, 0.6) is 0 Å². The van der Waals surface area contributed by atoms with Gasteiger partial charge in [-0.05, 0) is 20.3 Å². The molecule has 0 aromatic carbocycles. The molecule has 3 heteroatoms. The van der Waals surface area contributed by atoms with Crippen LogP contribution in [-0.4, -0.2) is 25.7 Å². The number of esters is 1. The maximum absolute atomic E-state index is 11.4. The topological polar surface area (TPSA) is 38.3 Å². The molecule has 3 nitrogen and oxygen atoms in total. The van der Waals surface area contributed by atoms with Crippen molar-refractivity contribution >= 4 is 5.97 Å². The molecule has 1 N–H and O–H groups in total. The molecule has 86 valence electrons. The van der Waals surface area contributed by atoms with Crippen molar-refractivity contribution in [2.24, 2.45) is 5.41 Å². The van der Waals surface area contributed by atoms with Crippen molar-refractivity contribution in [1.82, 2.24) is 5.32 Å². The second kappa shape index (κ2) is 6.47. The number of carbonyl (C=O) groups is 1. The average molecular weight is 211 g/mol. The Hall–Kier alpha value is -1.01. The second-order valence-corrected chi connectivity index (χ2v) is 4.27. The Morgan fingerprint density at radius 1 is 1.60 bits per heavy atom. The number of hydrogen-bond acceptors (Lipinski definition) is 3. The Labute approximate surface area is 92.6 Å². The van der Waals surface area contributed by atoms with Crippen molar-refractivity contribution in [1.29, 1.82) is 0 Å². The van der Waals surface area contributed by atoms with E-state index < -0.39 is 5.41 Å². The van der Waals surface area contributed by atoms with Crippen molar-refractivity contribution in [3.8, 4) is 12.3 Å². The fourth-order valence-corrected chi connectivity index (χ4v) is 1.25. The minimum atomic E-state index is -0.503. The van der Waals surface area contributed by atoms with Gasteiger partial charge in [-0.25, -0.2) is 0 Å². The highest BCUT2D eigenvalue weighted by Gasteiger charge is 2.28. The predicted molar refractivity (Wildman–Crippen MR) is 61.3 cm³/mol. The molecule has 0 aliphatic heterocycles. The molecule has 0 aromatic rings. The molecule has 0 heterocycles. The molecule has 15 heavy (non-hydrogen) atoms. The van der Waals surface area contributed by atoms with Crippen molar-refractivity contribution in [2.75, 3.05) is 13.7 Å². The summed E-state index contributed by atoms with van der Waals surface area (Å²) >= 11 is 0. The van der Waals surface area contributed by atoms with Crippen molar-refractivity contribution in [2.45, 2.75) is 39.7 Å². The molecule has 1 unspecified atom stereocenters. The first-order valence-corrected chi connectivity index (χ1v) is 5.23. The third kappa shape index (κ3) is 4.85. The van der Waals surface area contributed by atoms with Gasteiger partial charge in [-0.2, -0.15) is 0 Å². The largest absolute Gasteiger partial charge is 0.469 e. The van der Waals surface area contributed by atoms with Crippen LogP contribution < -0.4 is 5.32 Å². The number of methoxy groups -OCH3 is 1. The Kier molecular flexibility index (Phi) is 6.03. The highest BCUT2D eigenvalue weighted by Crippen LogP contribution is 2.16. The molecule has 0 rings (SSSR count). The summed E-state index contributed by atoms with van der Waals surface area (Å²) in [6.45, 7) is 6.36. The van der Waals surface area contributed by atoms with Gasteiger partial charge in [0.15, 0.2) is 0 Å². The molecule has 0 spiro atoms. The third-order valence-corrected chi connectivity index (χ3v) is 2.43. The van der Waals surface area contributed by atoms with Crippen LogP contribution in [0.2, 0.25) is 0 Å². The number of carbonyl (C=O) groups excluding carboxylic acids is 1. The van der Waals surface area contributed by atoms with E-state index in [9.17, 15) is 4.79 Å². The molecule has 0 fully saturated rings. The summed E-state index contributed by atoms with van der Waals surface area (Å²) in [5.74, 6) is 2.42. The van der Waals surface area contributed by atoms with Crippen LogP contribution in [0.1, 0.15) is 33.6 Å². The average Bonchev–Trinajstić information content (AvgIpc) is 2.22. The highest BCUT2D eigenvalue weighted by molar-refractivity contribution is 5.76. The van der Waals surface area contributed by atoms with Crippen molar-refractivity contribution < 1.29 is 9.53 Å². The first-order valence-electron chi connectivity index (χ1n) is 5.23. The van der Waals surface area contributed by atoms with Crippen LogP contribution in [0, 0.1) is 17.8 Å². The summed E-state index contributed by atoms with van der Waals surface area (Å²) in [6, 6.07) is 0.277. The highest BCUT2D eigenvalue weighted by atomic mass is 16.5. The van der Waals surface area contributed by atoms with E-state index in [1.807, 2.05) is 13.8 Å². The molecule has 0 saturated heterocycles. The fourth-order valence-electron chi connectivity index (χ4n) is 1.25. The van der Waals surface area contributed by atoms with E-state index >= 15 is 0 Å². The number of ether oxygens (including phenoxy) is 1. The van der Waals surface area contributed by atoms with E-state index in [0.29, 0.717) is 13.0 Å². The molecule has 0 amide bonds. The summed E-state index contributed by atoms with van der Waals surface area (Å²) in [7, 11) is 1.41. The van der Waals surface area contributed by atoms with Gasteiger partial charge in [-0.15, -0.1) is 12.3 Å². The quantitative estimate of drug-likeness (QED) is 0.535. The number of nitrogens with one attached hydrogen (secondary N) is 1. The van der Waals surface area contributed by atoms with Crippen molar-refractivity contribution in [3.05, 3.63) is 0 Å². The van der Waals surface area contributed by atoms with Gasteiger partial charge in [0.1, 0.15) is 0 Å². The Morgan fingerprint density at radius 3 is 2.60 bits per heavy atom. The van der Waals surface area contributed by atoms with Gasteiger partial charge in [0.25, 0.3) is 0 Å². The Balaban J connectivity index is 4.12. The van der Waals surface area contributed by atoms with E-state index in [1.54, 1.807) is 0 Å². The molecule has 0 aliphatic carbocycles. The van der Waals surface area contributed by atoms with Crippen LogP contribution in [0.4, 0.5) is 0 Å². The van der Waals surface area contributed by atoms with Gasteiger partial charge in [0.05, 0.1) is 12.5 Å². The van der Waals surface area contributed by atoms with E-state index in [4.69, 9.17) is 11.2 Å². The predicted octanol–water partition coefficient (Wildman–Crippen LogP) is 1.58. The first-order chi connectivity index (χ1) is 6.97. The SMILES string of the molecule is C#CCC(CC)NCC(C)(C)C(=O)OC. The third-order valence-electron chi connectivity index (χ3n) is 2.43.